The quantitative estimate of drug-likeness (QED) is 0.922. The summed E-state index contributed by atoms with van der Waals surface area (Å²) >= 11 is 0. The van der Waals surface area contributed by atoms with Gasteiger partial charge in [0, 0.05) is 6.54 Å². The molecule has 0 saturated heterocycles. The molecule has 0 amide bonds. The van der Waals surface area contributed by atoms with Gasteiger partial charge in [-0.3, -0.25) is 0 Å². The SMILES string of the molecule is CS(=O)(=O)NCc1cccc(Oc2ccc(F)cc2)c1. The molecule has 2 aromatic rings. The standard InChI is InChI=1S/C14H14FNO3S/c1-20(17,18)16-10-11-3-2-4-14(9-11)19-13-7-5-12(15)6-8-13/h2-9,16H,10H2,1H3. The molecular weight excluding hydrogens is 281 g/mol. The fraction of sp³-hybridized carbons (Fsp3) is 0.143. The van der Waals surface area contributed by atoms with Crippen LogP contribution >= 0.6 is 0 Å². The van der Waals surface area contributed by atoms with E-state index in [0.29, 0.717) is 11.5 Å². The minimum absolute atomic E-state index is 0.194. The normalized spacial score (nSPS) is 11.3. The lowest BCUT2D eigenvalue weighted by molar-refractivity contribution is 0.479. The molecule has 2 aromatic carbocycles. The van der Waals surface area contributed by atoms with Crippen molar-refractivity contribution in [3.05, 3.63) is 59.9 Å². The highest BCUT2D eigenvalue weighted by atomic mass is 32.2. The molecule has 0 saturated carbocycles. The average molecular weight is 295 g/mol. The monoisotopic (exact) mass is 295 g/mol. The molecule has 0 spiro atoms. The molecule has 0 bridgehead atoms. The van der Waals surface area contributed by atoms with Crippen molar-refractivity contribution in [3.63, 3.8) is 0 Å². The minimum atomic E-state index is -3.23. The first-order valence-electron chi connectivity index (χ1n) is 5.89. The maximum atomic E-state index is 12.8. The molecule has 0 aliphatic heterocycles. The van der Waals surface area contributed by atoms with E-state index >= 15 is 0 Å². The molecule has 4 nitrogen and oxygen atoms in total. The number of ether oxygens (including phenoxy) is 1. The summed E-state index contributed by atoms with van der Waals surface area (Å²) < 4.78 is 42.8. The zero-order valence-corrected chi connectivity index (χ0v) is 11.7. The smallest absolute Gasteiger partial charge is 0.209 e. The summed E-state index contributed by atoms with van der Waals surface area (Å²) in [6.07, 6.45) is 1.10. The molecule has 20 heavy (non-hydrogen) atoms. The van der Waals surface area contributed by atoms with Crippen LogP contribution in [0.2, 0.25) is 0 Å². The van der Waals surface area contributed by atoms with Gasteiger partial charge >= 0.3 is 0 Å². The van der Waals surface area contributed by atoms with E-state index in [1.165, 1.54) is 24.3 Å². The molecule has 0 aliphatic rings. The zero-order valence-electron chi connectivity index (χ0n) is 10.8. The summed E-state index contributed by atoms with van der Waals surface area (Å²) in [5, 5.41) is 0. The van der Waals surface area contributed by atoms with E-state index in [1.807, 2.05) is 0 Å². The number of sulfonamides is 1. The average Bonchev–Trinajstić information content (AvgIpc) is 2.39. The van der Waals surface area contributed by atoms with Gasteiger partial charge in [0.25, 0.3) is 0 Å². The van der Waals surface area contributed by atoms with Gasteiger partial charge in [0.15, 0.2) is 0 Å². The number of benzene rings is 2. The summed E-state index contributed by atoms with van der Waals surface area (Å²) in [5.41, 5.74) is 0.773. The van der Waals surface area contributed by atoms with Crippen molar-refractivity contribution in [1.82, 2.24) is 4.72 Å². The highest BCUT2D eigenvalue weighted by molar-refractivity contribution is 7.88. The van der Waals surface area contributed by atoms with E-state index in [0.717, 1.165) is 11.8 Å². The van der Waals surface area contributed by atoms with Crippen molar-refractivity contribution >= 4 is 10.0 Å². The van der Waals surface area contributed by atoms with Gasteiger partial charge in [-0.1, -0.05) is 12.1 Å². The summed E-state index contributed by atoms with van der Waals surface area (Å²) in [4.78, 5) is 0. The Labute approximate surface area is 117 Å². The second-order valence-electron chi connectivity index (χ2n) is 4.30. The van der Waals surface area contributed by atoms with Crippen molar-refractivity contribution in [2.24, 2.45) is 0 Å². The van der Waals surface area contributed by atoms with Gasteiger partial charge in [0.2, 0.25) is 10.0 Å². The predicted molar refractivity (Wildman–Crippen MR) is 74.6 cm³/mol. The van der Waals surface area contributed by atoms with Gasteiger partial charge in [-0.05, 0) is 42.0 Å². The zero-order chi connectivity index (χ0) is 14.6. The van der Waals surface area contributed by atoms with Crippen LogP contribution in [0.15, 0.2) is 48.5 Å². The van der Waals surface area contributed by atoms with Crippen LogP contribution in [0, 0.1) is 5.82 Å². The lowest BCUT2D eigenvalue weighted by Crippen LogP contribution is -2.21. The lowest BCUT2D eigenvalue weighted by Gasteiger charge is -2.08. The number of rotatable bonds is 5. The second-order valence-corrected chi connectivity index (χ2v) is 6.13. The van der Waals surface area contributed by atoms with E-state index in [2.05, 4.69) is 4.72 Å². The van der Waals surface area contributed by atoms with E-state index in [1.54, 1.807) is 24.3 Å². The Morgan fingerprint density at radius 1 is 1.10 bits per heavy atom. The maximum Gasteiger partial charge on any atom is 0.209 e. The largest absolute Gasteiger partial charge is 0.457 e. The third kappa shape index (κ3) is 4.64. The Morgan fingerprint density at radius 2 is 1.80 bits per heavy atom. The summed E-state index contributed by atoms with van der Waals surface area (Å²) in [7, 11) is -3.23. The maximum absolute atomic E-state index is 12.8. The number of hydrogen-bond donors (Lipinski definition) is 1. The molecule has 0 atom stereocenters. The Bertz CT molecular complexity index is 684. The van der Waals surface area contributed by atoms with Gasteiger partial charge in [-0.25, -0.2) is 17.5 Å². The van der Waals surface area contributed by atoms with E-state index < -0.39 is 10.0 Å². The van der Waals surface area contributed by atoms with Gasteiger partial charge in [-0.2, -0.15) is 0 Å². The van der Waals surface area contributed by atoms with Crippen LogP contribution in [-0.4, -0.2) is 14.7 Å². The topological polar surface area (TPSA) is 55.4 Å². The Balaban J connectivity index is 2.07. The van der Waals surface area contributed by atoms with Gasteiger partial charge < -0.3 is 4.74 Å². The van der Waals surface area contributed by atoms with E-state index in [-0.39, 0.29) is 12.4 Å². The molecule has 0 aromatic heterocycles. The Kier molecular flexibility index (Phi) is 4.36. The van der Waals surface area contributed by atoms with E-state index in [9.17, 15) is 12.8 Å². The van der Waals surface area contributed by atoms with Crippen LogP contribution in [0.5, 0.6) is 11.5 Å². The summed E-state index contributed by atoms with van der Waals surface area (Å²) in [5.74, 6) is 0.743. The van der Waals surface area contributed by atoms with Crippen LogP contribution in [0.1, 0.15) is 5.56 Å². The molecule has 0 aliphatic carbocycles. The third-order valence-electron chi connectivity index (χ3n) is 2.49. The van der Waals surface area contributed by atoms with Crippen molar-refractivity contribution < 1.29 is 17.5 Å². The first-order chi connectivity index (χ1) is 9.42. The number of nitrogens with one attached hydrogen (secondary N) is 1. The molecule has 6 heteroatoms. The first kappa shape index (κ1) is 14.5. The van der Waals surface area contributed by atoms with Crippen LogP contribution in [-0.2, 0) is 16.6 Å². The molecular formula is C14H14FNO3S. The van der Waals surface area contributed by atoms with Crippen LogP contribution in [0.25, 0.3) is 0 Å². The molecule has 106 valence electrons. The molecule has 2 rings (SSSR count). The van der Waals surface area contributed by atoms with Crippen molar-refractivity contribution in [2.45, 2.75) is 6.54 Å². The molecule has 0 radical (unpaired) electrons. The highest BCUT2D eigenvalue weighted by Crippen LogP contribution is 2.22. The highest BCUT2D eigenvalue weighted by Gasteiger charge is 2.03. The molecule has 1 N–H and O–H groups in total. The predicted octanol–water partition coefficient (Wildman–Crippen LogP) is 2.67. The Morgan fingerprint density at radius 3 is 2.45 bits per heavy atom. The molecule has 0 fully saturated rings. The van der Waals surface area contributed by atoms with Crippen molar-refractivity contribution in [3.8, 4) is 11.5 Å². The fourth-order valence-electron chi connectivity index (χ4n) is 1.57. The van der Waals surface area contributed by atoms with Crippen LogP contribution < -0.4 is 9.46 Å². The van der Waals surface area contributed by atoms with Crippen molar-refractivity contribution in [2.75, 3.05) is 6.26 Å². The summed E-state index contributed by atoms with van der Waals surface area (Å²) in [6, 6.07) is 12.7. The number of halogens is 1. The minimum Gasteiger partial charge on any atom is -0.457 e. The van der Waals surface area contributed by atoms with Gasteiger partial charge in [0.1, 0.15) is 17.3 Å². The molecule has 0 unspecified atom stereocenters. The number of hydrogen-bond acceptors (Lipinski definition) is 3. The van der Waals surface area contributed by atoms with Crippen LogP contribution in [0.4, 0.5) is 4.39 Å². The lowest BCUT2D eigenvalue weighted by atomic mass is 10.2. The van der Waals surface area contributed by atoms with Gasteiger partial charge in [0.05, 0.1) is 6.26 Å². The Hall–Kier alpha value is -1.92. The van der Waals surface area contributed by atoms with Gasteiger partial charge in [-0.15, -0.1) is 0 Å². The summed E-state index contributed by atoms with van der Waals surface area (Å²) in [6.45, 7) is 0.194. The van der Waals surface area contributed by atoms with Crippen molar-refractivity contribution in [1.29, 1.82) is 0 Å². The van der Waals surface area contributed by atoms with Crippen LogP contribution in [0.3, 0.4) is 0 Å². The van der Waals surface area contributed by atoms with E-state index in [4.69, 9.17) is 4.74 Å². The molecule has 0 heterocycles. The third-order valence-corrected chi connectivity index (χ3v) is 3.15. The first-order valence-corrected chi connectivity index (χ1v) is 7.78. The fourth-order valence-corrected chi connectivity index (χ4v) is 2.00. The second kappa shape index (κ2) is 6.02.